The first-order valence-corrected chi connectivity index (χ1v) is 14.4. The molecule has 10 heteroatoms. The number of anilines is 1. The summed E-state index contributed by atoms with van der Waals surface area (Å²) < 4.78 is 34.9. The minimum Gasteiger partial charge on any atom is -0.497 e. The predicted octanol–water partition coefficient (Wildman–Crippen LogP) is 4.20. The van der Waals surface area contributed by atoms with Crippen LogP contribution in [0.5, 0.6) is 5.75 Å². The summed E-state index contributed by atoms with van der Waals surface area (Å²) in [7, 11) is -0.149. The second-order valence-corrected chi connectivity index (χ2v) is 14.1. The van der Waals surface area contributed by atoms with Crippen molar-refractivity contribution in [1.29, 1.82) is 0 Å². The number of nitrogens with zero attached hydrogens (tertiary/aromatic N) is 1. The molecule has 194 valence electrons. The van der Waals surface area contributed by atoms with Gasteiger partial charge >= 0.3 is 5.97 Å². The molecule has 0 spiro atoms. The minimum atomic E-state index is -1.68. The van der Waals surface area contributed by atoms with Gasteiger partial charge in [-0.3, -0.25) is 14.4 Å². The van der Waals surface area contributed by atoms with E-state index in [0.717, 1.165) is 17.7 Å². The number of hydrogen-bond donors (Lipinski definition) is 2. The summed E-state index contributed by atoms with van der Waals surface area (Å²) in [4.78, 5) is 39.5. The van der Waals surface area contributed by atoms with Crippen LogP contribution in [-0.2, 0) is 20.8 Å². The highest BCUT2D eigenvalue weighted by atomic mass is 32.3. The number of methoxy groups -OCH3 is 1. The fourth-order valence-electron chi connectivity index (χ4n) is 4.93. The molecule has 0 saturated heterocycles. The number of fused-ring (bicyclic) bond motifs is 1. The molecule has 0 radical (unpaired) electrons. The summed E-state index contributed by atoms with van der Waals surface area (Å²) in [6.07, 6.45) is 6.27. The van der Waals surface area contributed by atoms with E-state index in [0.29, 0.717) is 17.7 Å². The highest BCUT2D eigenvalue weighted by Gasteiger charge is 2.45. The average Bonchev–Trinajstić information content (AvgIpc) is 2.74. The van der Waals surface area contributed by atoms with Gasteiger partial charge in [-0.25, -0.2) is 18.8 Å². The summed E-state index contributed by atoms with van der Waals surface area (Å²) >= 11 is 0. The van der Waals surface area contributed by atoms with Gasteiger partial charge in [-0.1, -0.05) is 6.07 Å². The maximum Gasteiger partial charge on any atom is 0.306 e. The van der Waals surface area contributed by atoms with Gasteiger partial charge in [-0.2, -0.15) is 0 Å². The van der Waals surface area contributed by atoms with E-state index in [9.17, 15) is 28.3 Å². The maximum absolute atomic E-state index is 14.8. The normalized spacial score (nSPS) is 21.7. The van der Waals surface area contributed by atoms with Crippen molar-refractivity contribution in [3.63, 3.8) is 0 Å². The molecule has 1 heterocycles. The fourth-order valence-corrected chi connectivity index (χ4v) is 6.22. The highest BCUT2D eigenvalue weighted by molar-refractivity contribution is 8.32. The Morgan fingerprint density at radius 1 is 1.06 bits per heavy atom. The molecule has 2 aromatic rings. The first-order valence-electron chi connectivity index (χ1n) is 11.6. The Morgan fingerprint density at radius 2 is 1.69 bits per heavy atom. The third-order valence-electron chi connectivity index (χ3n) is 6.82. The lowest BCUT2D eigenvalue weighted by molar-refractivity contribution is -0.154. The third kappa shape index (κ3) is 4.91. The molecule has 2 aliphatic rings. The van der Waals surface area contributed by atoms with Crippen LogP contribution >= 0.6 is 10.0 Å². The van der Waals surface area contributed by atoms with Crippen molar-refractivity contribution in [2.75, 3.05) is 37.7 Å². The summed E-state index contributed by atoms with van der Waals surface area (Å²) in [5.41, 5.74) is 1.39. The predicted molar refractivity (Wildman–Crippen MR) is 134 cm³/mol. The molecule has 1 aliphatic heterocycles. The Balaban J connectivity index is 1.65. The van der Waals surface area contributed by atoms with Crippen molar-refractivity contribution in [2.24, 2.45) is 11.8 Å². The molecule has 1 fully saturated rings. The maximum atomic E-state index is 14.8. The van der Waals surface area contributed by atoms with E-state index >= 15 is 0 Å². The average molecular weight is 521 g/mol. The number of carboxylic acids is 1. The van der Waals surface area contributed by atoms with Crippen LogP contribution in [0.3, 0.4) is 0 Å². The van der Waals surface area contributed by atoms with Crippen LogP contribution in [-0.4, -0.2) is 60.2 Å². The fraction of sp³-hybridized carbons (Fsp3) is 0.423. The second kappa shape index (κ2) is 9.72. The first-order chi connectivity index (χ1) is 16.9. The van der Waals surface area contributed by atoms with Crippen molar-refractivity contribution < 1.29 is 33.0 Å². The second-order valence-electron chi connectivity index (χ2n) is 10.0. The summed E-state index contributed by atoms with van der Waals surface area (Å²) in [6, 6.07) is 6.38. The van der Waals surface area contributed by atoms with Gasteiger partial charge in [-0.15, -0.1) is 0 Å². The van der Waals surface area contributed by atoms with Crippen LogP contribution in [0.25, 0.3) is 0 Å². The molecule has 36 heavy (non-hydrogen) atoms. The molecule has 2 aromatic carbocycles. The van der Waals surface area contributed by atoms with Crippen molar-refractivity contribution in [1.82, 2.24) is 4.90 Å². The monoisotopic (exact) mass is 520 g/mol. The molecule has 1 atom stereocenters. The lowest BCUT2D eigenvalue weighted by Crippen LogP contribution is -2.50. The molecule has 4 rings (SSSR count). The molecule has 2 N–H and O–H groups in total. The van der Waals surface area contributed by atoms with Crippen LogP contribution in [0.15, 0.2) is 35.2 Å². The van der Waals surface area contributed by atoms with Gasteiger partial charge in [0.15, 0.2) is 0 Å². The van der Waals surface area contributed by atoms with E-state index in [2.05, 4.69) is 5.32 Å². The number of benzene rings is 2. The Morgan fingerprint density at radius 3 is 2.25 bits per heavy atom. The molecular formula is C26H30F2N2O5S. The molecule has 1 unspecified atom stereocenters. The number of amides is 2. The number of nitrogens with one attached hydrogen (secondary N) is 1. The van der Waals surface area contributed by atoms with Crippen molar-refractivity contribution >= 4 is 33.5 Å². The molecule has 1 saturated carbocycles. The number of ether oxygens (including phenoxy) is 1. The van der Waals surface area contributed by atoms with Gasteiger partial charge in [0.05, 0.1) is 17.9 Å². The van der Waals surface area contributed by atoms with Crippen molar-refractivity contribution in [3.8, 4) is 5.75 Å². The van der Waals surface area contributed by atoms with Gasteiger partial charge in [0, 0.05) is 18.2 Å². The number of carbonyl (C=O) groups excluding carboxylic acids is 2. The van der Waals surface area contributed by atoms with Gasteiger partial charge in [0.25, 0.3) is 5.91 Å². The van der Waals surface area contributed by atoms with Gasteiger partial charge in [0.1, 0.15) is 23.4 Å². The summed E-state index contributed by atoms with van der Waals surface area (Å²) in [5, 5.41) is 11.8. The van der Waals surface area contributed by atoms with Crippen LogP contribution < -0.4 is 10.1 Å². The SMILES string of the molecule is COc1ccc2c(c1)CCN(C(=O)C1CC(C(=O)O)C1)C2C(=O)Nc1cc(F)c(S(C)(C)C)c(F)c1. The van der Waals surface area contributed by atoms with Crippen molar-refractivity contribution in [3.05, 3.63) is 53.1 Å². The standard InChI is InChI=1S/C26H30F2N2O5S/c1-35-18-5-6-19-14(11-18)7-8-30(25(32)15-9-16(10-15)26(33)34)22(19)24(31)29-17-12-20(27)23(21(28)13-17)36(2,3)4/h5-6,11-13,15-16,22H,7-10H2,1-4H3,(H,29,31)(H,33,34). The zero-order valence-electron chi connectivity index (χ0n) is 20.6. The largest absolute Gasteiger partial charge is 0.497 e. The quantitative estimate of drug-likeness (QED) is 0.595. The number of hydrogen-bond acceptors (Lipinski definition) is 4. The topological polar surface area (TPSA) is 95.9 Å². The third-order valence-corrected chi connectivity index (χ3v) is 8.44. The Kier molecular flexibility index (Phi) is 7.01. The number of carbonyl (C=O) groups is 3. The van der Waals surface area contributed by atoms with E-state index < -0.39 is 51.4 Å². The van der Waals surface area contributed by atoms with Crippen LogP contribution in [0, 0.1) is 23.5 Å². The van der Waals surface area contributed by atoms with Gasteiger partial charge in [0.2, 0.25) is 5.91 Å². The molecular weight excluding hydrogens is 490 g/mol. The molecule has 0 aromatic heterocycles. The van der Waals surface area contributed by atoms with Crippen LogP contribution in [0.1, 0.15) is 30.0 Å². The summed E-state index contributed by atoms with van der Waals surface area (Å²) in [5.74, 6) is -3.73. The molecule has 1 aliphatic carbocycles. The zero-order chi connectivity index (χ0) is 26.4. The number of aliphatic carboxylic acids is 1. The van der Waals surface area contributed by atoms with Crippen LogP contribution in [0.2, 0.25) is 0 Å². The van der Waals surface area contributed by atoms with E-state index in [1.54, 1.807) is 30.9 Å². The first kappa shape index (κ1) is 25.9. The van der Waals surface area contributed by atoms with E-state index in [-0.39, 0.29) is 35.9 Å². The van der Waals surface area contributed by atoms with Gasteiger partial charge in [-0.05, 0) is 73.4 Å². The molecule has 2 amide bonds. The minimum absolute atomic E-state index is 0.00498. The summed E-state index contributed by atoms with van der Waals surface area (Å²) in [6.45, 7) is 0.250. The Hall–Kier alpha value is -3.14. The number of rotatable bonds is 6. The Bertz CT molecular complexity index is 1200. The zero-order valence-corrected chi connectivity index (χ0v) is 21.5. The number of halogens is 2. The lowest BCUT2D eigenvalue weighted by Gasteiger charge is -2.41. The van der Waals surface area contributed by atoms with E-state index in [1.807, 2.05) is 6.07 Å². The number of carboxylic acid groups (broad SMARTS) is 1. The lowest BCUT2D eigenvalue weighted by atomic mass is 9.73. The smallest absolute Gasteiger partial charge is 0.306 e. The molecule has 0 bridgehead atoms. The highest BCUT2D eigenvalue weighted by Crippen LogP contribution is 2.48. The van der Waals surface area contributed by atoms with E-state index in [4.69, 9.17) is 4.74 Å². The van der Waals surface area contributed by atoms with E-state index in [1.165, 1.54) is 12.0 Å². The van der Waals surface area contributed by atoms with Crippen LogP contribution in [0.4, 0.5) is 14.5 Å². The Labute approximate surface area is 210 Å². The van der Waals surface area contributed by atoms with Gasteiger partial charge < -0.3 is 20.1 Å². The van der Waals surface area contributed by atoms with Crippen molar-refractivity contribution in [2.45, 2.75) is 30.2 Å². The molecule has 7 nitrogen and oxygen atoms in total.